The minimum atomic E-state index is -3.72. The third kappa shape index (κ3) is 2.74. The van der Waals surface area contributed by atoms with Crippen LogP contribution in [0.5, 0.6) is 0 Å². The Bertz CT molecular complexity index is 667. The van der Waals surface area contributed by atoms with Crippen molar-refractivity contribution >= 4 is 27.6 Å². The van der Waals surface area contributed by atoms with Crippen molar-refractivity contribution in [2.75, 3.05) is 5.32 Å². The molecule has 1 aliphatic rings. The Hall–Kier alpha value is -2.09. The van der Waals surface area contributed by atoms with E-state index in [-0.39, 0.29) is 16.8 Å². The number of anilines is 1. The van der Waals surface area contributed by atoms with Gasteiger partial charge in [0.15, 0.2) is 6.04 Å². The molecule has 0 radical (unpaired) electrons. The zero-order chi connectivity index (χ0) is 14.9. The van der Waals surface area contributed by atoms with Crippen LogP contribution in [0.3, 0.4) is 0 Å². The van der Waals surface area contributed by atoms with Gasteiger partial charge in [0, 0.05) is 0 Å². The first-order valence-corrected chi connectivity index (χ1v) is 7.49. The molecule has 0 amide bonds. The molecular weight excluding hydrogens is 282 g/mol. The summed E-state index contributed by atoms with van der Waals surface area (Å²) in [5.41, 5.74) is 0.373. The molecule has 0 saturated carbocycles. The summed E-state index contributed by atoms with van der Waals surface area (Å²) in [6.45, 7) is 3.40. The molecular formula is C12H15N3O4S. The summed E-state index contributed by atoms with van der Waals surface area (Å²) in [7, 11) is -3.72. The number of guanidine groups is 1. The van der Waals surface area contributed by atoms with E-state index < -0.39 is 22.0 Å². The lowest BCUT2D eigenvalue weighted by molar-refractivity contribution is -0.139. The molecule has 8 heteroatoms. The van der Waals surface area contributed by atoms with Crippen molar-refractivity contribution in [3.8, 4) is 0 Å². The highest BCUT2D eigenvalue weighted by Gasteiger charge is 2.28. The quantitative estimate of drug-likeness (QED) is 0.766. The van der Waals surface area contributed by atoms with Gasteiger partial charge in [-0.15, -0.1) is 0 Å². The second kappa shape index (κ2) is 5.12. The maximum Gasteiger partial charge on any atom is 0.328 e. The van der Waals surface area contributed by atoms with Gasteiger partial charge in [0.05, 0.1) is 5.69 Å². The summed E-state index contributed by atoms with van der Waals surface area (Å²) >= 11 is 0. The van der Waals surface area contributed by atoms with E-state index in [1.165, 1.54) is 6.07 Å². The fourth-order valence-corrected chi connectivity index (χ4v) is 2.96. The molecule has 20 heavy (non-hydrogen) atoms. The van der Waals surface area contributed by atoms with Crippen LogP contribution in [-0.2, 0) is 14.8 Å². The number of hydrogen-bond donors (Lipinski definition) is 3. The van der Waals surface area contributed by atoms with Gasteiger partial charge in [-0.2, -0.15) is 0 Å². The van der Waals surface area contributed by atoms with Gasteiger partial charge in [-0.25, -0.2) is 22.9 Å². The summed E-state index contributed by atoms with van der Waals surface area (Å²) in [6.07, 6.45) is 0. The molecule has 108 valence electrons. The lowest BCUT2D eigenvalue weighted by atomic mass is 10.1. The fraction of sp³-hybridized carbons (Fsp3) is 0.333. The third-order valence-corrected chi connectivity index (χ3v) is 4.21. The van der Waals surface area contributed by atoms with Crippen LogP contribution in [0.25, 0.3) is 0 Å². The number of hydrogen-bond acceptors (Lipinski definition) is 4. The summed E-state index contributed by atoms with van der Waals surface area (Å²) < 4.78 is 26.3. The normalized spacial score (nSPS) is 19.9. The van der Waals surface area contributed by atoms with Crippen molar-refractivity contribution < 1.29 is 18.3 Å². The van der Waals surface area contributed by atoms with Gasteiger partial charge >= 0.3 is 5.97 Å². The highest BCUT2D eigenvalue weighted by atomic mass is 32.2. The van der Waals surface area contributed by atoms with Crippen LogP contribution in [0, 0.1) is 5.92 Å². The average molecular weight is 297 g/mol. The number of para-hydroxylation sites is 1. The first-order chi connectivity index (χ1) is 9.31. The number of carboxylic acids is 1. The van der Waals surface area contributed by atoms with E-state index in [9.17, 15) is 13.2 Å². The first-order valence-electron chi connectivity index (χ1n) is 6.01. The number of nitrogens with zero attached hydrogens (tertiary/aromatic N) is 1. The summed E-state index contributed by atoms with van der Waals surface area (Å²) in [6, 6.07) is 5.32. The molecule has 1 atom stereocenters. The van der Waals surface area contributed by atoms with Crippen molar-refractivity contribution in [2.45, 2.75) is 24.8 Å². The number of sulfonamides is 1. The van der Waals surface area contributed by atoms with E-state index in [2.05, 4.69) is 15.0 Å². The molecule has 0 aliphatic carbocycles. The molecule has 0 spiro atoms. The molecule has 7 nitrogen and oxygen atoms in total. The highest BCUT2D eigenvalue weighted by molar-refractivity contribution is 7.90. The second-order valence-corrected chi connectivity index (χ2v) is 6.38. The van der Waals surface area contributed by atoms with Crippen molar-refractivity contribution in [3.05, 3.63) is 24.3 Å². The molecule has 1 unspecified atom stereocenters. The molecule has 1 aromatic carbocycles. The Labute approximate surface area is 116 Å². The highest BCUT2D eigenvalue weighted by Crippen LogP contribution is 2.24. The van der Waals surface area contributed by atoms with Crippen molar-refractivity contribution in [2.24, 2.45) is 10.9 Å². The van der Waals surface area contributed by atoms with E-state index in [0.717, 1.165) is 0 Å². The Kier molecular flexibility index (Phi) is 3.67. The van der Waals surface area contributed by atoms with Crippen molar-refractivity contribution in [1.82, 2.24) is 4.72 Å². The topological polar surface area (TPSA) is 108 Å². The van der Waals surface area contributed by atoms with Crippen LogP contribution >= 0.6 is 0 Å². The van der Waals surface area contributed by atoms with E-state index in [0.29, 0.717) is 5.69 Å². The Morgan fingerprint density at radius 2 is 1.95 bits per heavy atom. The lowest BCUT2D eigenvalue weighted by Crippen LogP contribution is -2.42. The largest absolute Gasteiger partial charge is 0.480 e. The Balaban J connectivity index is 2.41. The van der Waals surface area contributed by atoms with Crippen molar-refractivity contribution in [1.29, 1.82) is 0 Å². The Morgan fingerprint density at radius 1 is 1.30 bits per heavy atom. The predicted molar refractivity (Wildman–Crippen MR) is 74.1 cm³/mol. The molecule has 1 aliphatic heterocycles. The second-order valence-electron chi connectivity index (χ2n) is 4.73. The number of carboxylic acid groups (broad SMARTS) is 1. The molecule has 0 fully saturated rings. The smallest absolute Gasteiger partial charge is 0.328 e. The van der Waals surface area contributed by atoms with Gasteiger partial charge in [0.1, 0.15) is 4.90 Å². The fourth-order valence-electron chi connectivity index (χ4n) is 1.83. The van der Waals surface area contributed by atoms with Gasteiger partial charge in [-0.05, 0) is 18.1 Å². The molecule has 3 N–H and O–H groups in total. The molecule has 1 heterocycles. The van der Waals surface area contributed by atoms with Gasteiger partial charge in [-0.1, -0.05) is 26.0 Å². The Morgan fingerprint density at radius 3 is 2.55 bits per heavy atom. The number of rotatable bonds is 3. The van der Waals surface area contributed by atoms with E-state index in [4.69, 9.17) is 5.11 Å². The zero-order valence-electron chi connectivity index (χ0n) is 11.0. The average Bonchev–Trinajstić information content (AvgIpc) is 2.34. The van der Waals surface area contributed by atoms with Crippen LogP contribution in [0.2, 0.25) is 0 Å². The lowest BCUT2D eigenvalue weighted by Gasteiger charge is -2.23. The minimum Gasteiger partial charge on any atom is -0.480 e. The molecule has 0 aromatic heterocycles. The van der Waals surface area contributed by atoms with Gasteiger partial charge in [-0.3, -0.25) is 0 Å². The van der Waals surface area contributed by atoms with Gasteiger partial charge in [0.2, 0.25) is 5.96 Å². The van der Waals surface area contributed by atoms with Crippen LogP contribution in [-0.4, -0.2) is 31.5 Å². The standard InChI is InChI=1S/C12H15N3O4S/c1-7(2)10(11(16)17)14-12-13-8-5-3-4-6-9(8)20(18,19)15-12/h3-7,10H,1-2H3,(H,16,17)(H2,13,14,15). The monoisotopic (exact) mass is 297 g/mol. The molecule has 1 aromatic rings. The van der Waals surface area contributed by atoms with Crippen LogP contribution in [0.15, 0.2) is 34.2 Å². The van der Waals surface area contributed by atoms with E-state index in [1.807, 2.05) is 0 Å². The number of aliphatic imine (C=N–C) groups is 1. The zero-order valence-corrected chi connectivity index (χ0v) is 11.8. The van der Waals surface area contributed by atoms with Crippen LogP contribution in [0.1, 0.15) is 13.8 Å². The summed E-state index contributed by atoms with van der Waals surface area (Å²) in [5.74, 6) is -1.44. The number of aliphatic carboxylic acids is 1. The maximum absolute atomic E-state index is 12.0. The number of benzene rings is 1. The third-order valence-electron chi connectivity index (χ3n) is 2.81. The predicted octanol–water partition coefficient (Wildman–Crippen LogP) is 0.856. The number of nitrogens with one attached hydrogen (secondary N) is 2. The van der Waals surface area contributed by atoms with Gasteiger partial charge in [0.25, 0.3) is 10.0 Å². The minimum absolute atomic E-state index is 0.0789. The maximum atomic E-state index is 12.0. The van der Waals surface area contributed by atoms with Gasteiger partial charge < -0.3 is 10.4 Å². The number of fused-ring (bicyclic) bond motifs is 1. The van der Waals surface area contributed by atoms with Crippen LogP contribution < -0.4 is 10.0 Å². The van der Waals surface area contributed by atoms with E-state index >= 15 is 0 Å². The van der Waals surface area contributed by atoms with Crippen LogP contribution in [0.4, 0.5) is 5.69 Å². The summed E-state index contributed by atoms with van der Waals surface area (Å²) in [4.78, 5) is 15.2. The SMILES string of the molecule is CC(C)C(N=C1Nc2ccccc2S(=O)(=O)N1)C(=O)O. The molecule has 0 bridgehead atoms. The first kappa shape index (κ1) is 14.3. The molecule has 0 saturated heterocycles. The van der Waals surface area contributed by atoms with Crippen molar-refractivity contribution in [3.63, 3.8) is 0 Å². The molecule has 2 rings (SSSR count). The van der Waals surface area contributed by atoms with E-state index in [1.54, 1.807) is 32.0 Å². The number of carbonyl (C=O) groups is 1. The summed E-state index contributed by atoms with van der Waals surface area (Å²) in [5, 5.41) is 11.9.